The third-order valence-electron chi connectivity index (χ3n) is 7.62. The molecular formula is C31H31FN2O4S. The number of fused-ring (bicyclic) bond motifs is 2. The Hall–Kier alpha value is -3.49. The lowest BCUT2D eigenvalue weighted by Crippen LogP contribution is -2.23. The van der Waals surface area contributed by atoms with Crippen LogP contribution in [0.25, 0.3) is 21.3 Å². The van der Waals surface area contributed by atoms with Gasteiger partial charge in [-0.25, -0.2) is 9.18 Å². The Labute approximate surface area is 230 Å². The largest absolute Gasteiger partial charge is 0.494 e. The maximum absolute atomic E-state index is 13.4. The van der Waals surface area contributed by atoms with Gasteiger partial charge in [0.05, 0.1) is 24.6 Å². The lowest BCUT2D eigenvalue weighted by molar-refractivity contribution is 0.0524. The van der Waals surface area contributed by atoms with Crippen LogP contribution in [0.3, 0.4) is 0 Å². The summed E-state index contributed by atoms with van der Waals surface area (Å²) in [7, 11) is 1.64. The maximum Gasteiger partial charge on any atom is 0.343 e. The van der Waals surface area contributed by atoms with Gasteiger partial charge in [-0.2, -0.15) is 0 Å². The lowest BCUT2D eigenvalue weighted by Gasteiger charge is -2.23. The molecule has 1 atom stereocenters. The molecule has 0 aliphatic heterocycles. The summed E-state index contributed by atoms with van der Waals surface area (Å²) in [5.41, 5.74) is 3.79. The molecule has 2 aromatic heterocycles. The zero-order valence-corrected chi connectivity index (χ0v) is 22.9. The van der Waals surface area contributed by atoms with Crippen molar-refractivity contribution in [2.45, 2.75) is 57.7 Å². The first-order valence-electron chi connectivity index (χ1n) is 13.5. The molecule has 6 nitrogen and oxygen atoms in total. The zero-order valence-electron chi connectivity index (χ0n) is 22.1. The van der Waals surface area contributed by atoms with Crippen molar-refractivity contribution in [2.24, 2.45) is 0 Å². The number of thiophene rings is 1. The van der Waals surface area contributed by atoms with Gasteiger partial charge in [0.15, 0.2) is 5.75 Å². The second-order valence-corrected chi connectivity index (χ2v) is 11.3. The third-order valence-corrected chi connectivity index (χ3v) is 8.94. The number of aromatic nitrogens is 1. The number of halogens is 1. The number of nitrogens with zero attached hydrogens (tertiary/aromatic N) is 1. The highest BCUT2D eigenvalue weighted by Crippen LogP contribution is 2.46. The molecule has 2 aromatic carbocycles. The van der Waals surface area contributed by atoms with E-state index >= 15 is 0 Å². The topological polar surface area (TPSA) is 69.6 Å². The molecule has 39 heavy (non-hydrogen) atoms. The number of methoxy groups -OCH3 is 1. The van der Waals surface area contributed by atoms with E-state index in [9.17, 15) is 14.0 Å². The first-order chi connectivity index (χ1) is 19.0. The summed E-state index contributed by atoms with van der Waals surface area (Å²) in [4.78, 5) is 28.3. The Kier molecular flexibility index (Phi) is 6.99. The molecule has 2 aliphatic rings. The predicted octanol–water partition coefficient (Wildman–Crippen LogP) is 6.56. The fourth-order valence-electron chi connectivity index (χ4n) is 5.55. The summed E-state index contributed by atoms with van der Waals surface area (Å²) in [5, 5.41) is 4.14. The van der Waals surface area contributed by atoms with Crippen LogP contribution >= 0.6 is 11.3 Å². The second-order valence-electron chi connectivity index (χ2n) is 10.2. The molecule has 2 heterocycles. The Bertz CT molecular complexity index is 1600. The number of benzene rings is 2. The molecule has 202 valence electrons. The van der Waals surface area contributed by atoms with Gasteiger partial charge in [-0.3, -0.25) is 4.79 Å². The molecular weight excluding hydrogens is 515 g/mol. The molecule has 1 unspecified atom stereocenters. The van der Waals surface area contributed by atoms with Crippen molar-refractivity contribution in [3.63, 3.8) is 0 Å². The van der Waals surface area contributed by atoms with E-state index in [1.807, 2.05) is 28.8 Å². The molecule has 0 saturated heterocycles. The molecule has 0 amide bonds. The number of nitrogens with one attached hydrogen (secondary N) is 1. The first-order valence-corrected chi connectivity index (χ1v) is 14.3. The number of esters is 1. The highest BCUT2D eigenvalue weighted by molar-refractivity contribution is 7.15. The highest BCUT2D eigenvalue weighted by atomic mass is 32.1. The average molecular weight is 547 g/mol. The monoisotopic (exact) mass is 546 g/mol. The molecule has 1 N–H and O–H groups in total. The first kappa shape index (κ1) is 25.8. The number of carbonyl (C=O) groups excluding carboxylic acids is 1. The molecule has 1 saturated carbocycles. The smallest absolute Gasteiger partial charge is 0.343 e. The summed E-state index contributed by atoms with van der Waals surface area (Å²) >= 11 is 1.76. The number of carbonyl (C=O) groups is 1. The SMILES string of the molecule is CCOC(=O)c1cn(C2CC2)c2c(OC)c(-c3cc4c(s3)C(NCc3ccc(F)cc3)CCC4)ccc2c1=O. The van der Waals surface area contributed by atoms with Gasteiger partial charge in [0, 0.05) is 40.1 Å². The lowest BCUT2D eigenvalue weighted by atomic mass is 9.94. The molecule has 6 rings (SSSR count). The van der Waals surface area contributed by atoms with Crippen molar-refractivity contribution < 1.29 is 18.7 Å². The number of pyridine rings is 1. The molecule has 8 heteroatoms. The normalized spacial score (nSPS) is 16.7. The second kappa shape index (κ2) is 10.6. The van der Waals surface area contributed by atoms with Gasteiger partial charge in [0.25, 0.3) is 0 Å². The Morgan fingerprint density at radius 1 is 1.15 bits per heavy atom. The fraction of sp³-hybridized carbons (Fsp3) is 0.355. The van der Waals surface area contributed by atoms with Crippen LogP contribution in [0.1, 0.15) is 71.1 Å². The van der Waals surface area contributed by atoms with Crippen molar-refractivity contribution in [3.05, 3.63) is 86.3 Å². The molecule has 2 aliphatic carbocycles. The van der Waals surface area contributed by atoms with Gasteiger partial charge in [0.2, 0.25) is 5.43 Å². The quantitative estimate of drug-likeness (QED) is 0.254. The van der Waals surface area contributed by atoms with E-state index in [0.717, 1.165) is 53.6 Å². The molecule has 4 aromatic rings. The van der Waals surface area contributed by atoms with Crippen molar-refractivity contribution in [1.82, 2.24) is 9.88 Å². The Morgan fingerprint density at radius 3 is 2.67 bits per heavy atom. The predicted molar refractivity (Wildman–Crippen MR) is 151 cm³/mol. The minimum Gasteiger partial charge on any atom is -0.494 e. The average Bonchev–Trinajstić information content (AvgIpc) is 3.70. The van der Waals surface area contributed by atoms with Gasteiger partial charge in [0.1, 0.15) is 11.4 Å². The summed E-state index contributed by atoms with van der Waals surface area (Å²) in [6, 6.07) is 13.1. The summed E-state index contributed by atoms with van der Waals surface area (Å²) < 4.78 is 26.5. The summed E-state index contributed by atoms with van der Waals surface area (Å²) in [6.07, 6.45) is 6.79. The molecule has 1 fully saturated rings. The van der Waals surface area contributed by atoms with Gasteiger partial charge in [-0.1, -0.05) is 12.1 Å². The fourth-order valence-corrected chi connectivity index (χ4v) is 6.89. The molecule has 0 bridgehead atoms. The molecule has 0 spiro atoms. The van der Waals surface area contributed by atoms with E-state index in [1.54, 1.807) is 31.6 Å². The molecule has 0 radical (unpaired) electrons. The van der Waals surface area contributed by atoms with E-state index in [4.69, 9.17) is 9.47 Å². The van der Waals surface area contributed by atoms with Crippen molar-refractivity contribution in [2.75, 3.05) is 13.7 Å². The van der Waals surface area contributed by atoms with Crippen LogP contribution < -0.4 is 15.5 Å². The van der Waals surface area contributed by atoms with Gasteiger partial charge in [-0.15, -0.1) is 11.3 Å². The number of rotatable bonds is 8. The van der Waals surface area contributed by atoms with E-state index in [1.165, 1.54) is 22.6 Å². The van der Waals surface area contributed by atoms with Crippen LogP contribution in [-0.4, -0.2) is 24.3 Å². The van der Waals surface area contributed by atoms with Gasteiger partial charge >= 0.3 is 5.97 Å². The zero-order chi connectivity index (χ0) is 27.1. The maximum atomic E-state index is 13.4. The minimum absolute atomic E-state index is 0.0627. The third kappa shape index (κ3) is 4.87. The Morgan fingerprint density at radius 2 is 1.95 bits per heavy atom. The standard InChI is InChI=1S/C31H31FN2O4S/c1-3-38-31(36)24-17-34(21-11-12-21)27-23(28(24)35)14-13-22(29(27)37-2)26-15-19-5-4-6-25(30(19)39-26)33-16-18-7-9-20(32)10-8-18/h7-10,13-15,17,21,25,33H,3-6,11-12,16H2,1-2H3. The summed E-state index contributed by atoms with van der Waals surface area (Å²) in [6.45, 7) is 2.62. The highest BCUT2D eigenvalue weighted by Gasteiger charge is 2.30. The van der Waals surface area contributed by atoms with E-state index in [2.05, 4.69) is 11.4 Å². The number of hydrogen-bond acceptors (Lipinski definition) is 6. The van der Waals surface area contributed by atoms with Crippen LogP contribution in [0.5, 0.6) is 5.75 Å². The van der Waals surface area contributed by atoms with Crippen molar-refractivity contribution in [3.8, 4) is 16.2 Å². The number of hydrogen-bond donors (Lipinski definition) is 1. The van der Waals surface area contributed by atoms with Gasteiger partial charge < -0.3 is 19.4 Å². The minimum atomic E-state index is -0.591. The van der Waals surface area contributed by atoms with E-state index in [0.29, 0.717) is 17.7 Å². The van der Waals surface area contributed by atoms with Crippen LogP contribution in [0.2, 0.25) is 0 Å². The van der Waals surface area contributed by atoms with Crippen molar-refractivity contribution in [1.29, 1.82) is 0 Å². The van der Waals surface area contributed by atoms with Crippen LogP contribution in [-0.2, 0) is 17.7 Å². The van der Waals surface area contributed by atoms with Crippen LogP contribution in [0.15, 0.2) is 53.5 Å². The summed E-state index contributed by atoms with van der Waals surface area (Å²) in [5.74, 6) is -0.163. The van der Waals surface area contributed by atoms with Crippen LogP contribution in [0.4, 0.5) is 4.39 Å². The number of aryl methyl sites for hydroxylation is 1. The van der Waals surface area contributed by atoms with E-state index < -0.39 is 5.97 Å². The van der Waals surface area contributed by atoms with E-state index in [-0.39, 0.29) is 35.5 Å². The van der Waals surface area contributed by atoms with Crippen molar-refractivity contribution >= 4 is 28.2 Å². The van der Waals surface area contributed by atoms with Gasteiger partial charge in [-0.05, 0) is 80.5 Å². The Balaban J connectivity index is 1.40. The number of ether oxygens (including phenoxy) is 2. The van der Waals surface area contributed by atoms with Crippen LogP contribution in [0, 0.1) is 5.82 Å².